The van der Waals surface area contributed by atoms with Gasteiger partial charge in [0.2, 0.25) is 11.7 Å². The highest BCUT2D eigenvalue weighted by atomic mass is 35.5. The molecule has 0 radical (unpaired) electrons. The summed E-state index contributed by atoms with van der Waals surface area (Å²) in [5.41, 5.74) is 1.22. The first-order valence-corrected chi connectivity index (χ1v) is 12.0. The number of fused-ring (bicyclic) bond motifs is 3. The van der Waals surface area contributed by atoms with E-state index in [0.717, 1.165) is 18.4 Å². The van der Waals surface area contributed by atoms with Crippen LogP contribution in [0.2, 0.25) is 5.02 Å². The second-order valence-corrected chi connectivity index (χ2v) is 9.39. The molecule has 0 unspecified atom stereocenters. The lowest BCUT2D eigenvalue weighted by Crippen LogP contribution is -2.28. The van der Waals surface area contributed by atoms with Crippen molar-refractivity contribution >= 4 is 62.3 Å². The minimum atomic E-state index is -0.205. The number of anilines is 1. The summed E-state index contributed by atoms with van der Waals surface area (Å²) in [6, 6.07) is 8.95. The number of nitrogens with one attached hydrogen (secondary N) is 1. The molecule has 1 atom stereocenters. The molecular formula is C20H18ClN5O3S2. The quantitative estimate of drug-likeness (QED) is 0.428. The van der Waals surface area contributed by atoms with E-state index >= 15 is 0 Å². The van der Waals surface area contributed by atoms with Crippen molar-refractivity contribution in [2.24, 2.45) is 0 Å². The van der Waals surface area contributed by atoms with Crippen molar-refractivity contribution in [3.8, 4) is 0 Å². The van der Waals surface area contributed by atoms with Crippen LogP contribution in [0.3, 0.4) is 0 Å². The highest BCUT2D eigenvalue weighted by Crippen LogP contribution is 2.26. The maximum atomic E-state index is 13.1. The number of halogens is 1. The number of nitrogens with zero attached hydrogens (tertiary/aromatic N) is 4. The molecule has 5 rings (SSSR count). The van der Waals surface area contributed by atoms with E-state index < -0.39 is 0 Å². The first-order chi connectivity index (χ1) is 15.1. The lowest BCUT2D eigenvalue weighted by Gasteiger charge is -2.13. The van der Waals surface area contributed by atoms with E-state index in [9.17, 15) is 9.59 Å². The van der Waals surface area contributed by atoms with Gasteiger partial charge in [-0.1, -0.05) is 35.5 Å². The third kappa shape index (κ3) is 3.96. The molecule has 0 aliphatic carbocycles. The second-order valence-electron chi connectivity index (χ2n) is 7.12. The average molecular weight is 476 g/mol. The molecule has 1 N–H and O–H groups in total. The number of rotatable bonds is 6. The van der Waals surface area contributed by atoms with Gasteiger partial charge in [0.15, 0.2) is 5.16 Å². The van der Waals surface area contributed by atoms with Crippen LogP contribution in [-0.2, 0) is 16.1 Å². The Morgan fingerprint density at radius 1 is 1.32 bits per heavy atom. The first-order valence-electron chi connectivity index (χ1n) is 9.76. The van der Waals surface area contributed by atoms with Gasteiger partial charge >= 0.3 is 0 Å². The minimum Gasteiger partial charge on any atom is -0.376 e. The summed E-state index contributed by atoms with van der Waals surface area (Å²) < 4.78 is 9.83. The van der Waals surface area contributed by atoms with E-state index in [2.05, 4.69) is 15.5 Å². The molecule has 1 aliphatic rings. The van der Waals surface area contributed by atoms with Gasteiger partial charge in [-0.2, -0.15) is 0 Å². The van der Waals surface area contributed by atoms with Gasteiger partial charge in [0, 0.05) is 6.61 Å². The zero-order valence-electron chi connectivity index (χ0n) is 16.3. The van der Waals surface area contributed by atoms with Gasteiger partial charge in [-0.25, -0.2) is 0 Å². The molecule has 0 saturated carbocycles. The lowest BCUT2D eigenvalue weighted by molar-refractivity contribution is -0.113. The Morgan fingerprint density at radius 2 is 2.19 bits per heavy atom. The number of para-hydroxylation sites is 1. The molecule has 1 fully saturated rings. The smallest absolute Gasteiger partial charge is 0.272 e. The van der Waals surface area contributed by atoms with E-state index in [1.807, 2.05) is 15.8 Å². The van der Waals surface area contributed by atoms with Crippen molar-refractivity contribution in [3.63, 3.8) is 0 Å². The molecule has 31 heavy (non-hydrogen) atoms. The van der Waals surface area contributed by atoms with Crippen LogP contribution in [0, 0.1) is 0 Å². The van der Waals surface area contributed by atoms with E-state index in [0.29, 0.717) is 39.5 Å². The fourth-order valence-corrected chi connectivity index (χ4v) is 5.38. The molecule has 11 heteroatoms. The number of amides is 1. The number of thioether (sulfide) groups is 1. The molecule has 1 saturated heterocycles. The Morgan fingerprint density at radius 3 is 3.00 bits per heavy atom. The van der Waals surface area contributed by atoms with Crippen LogP contribution >= 0.6 is 34.7 Å². The normalized spacial score (nSPS) is 16.4. The van der Waals surface area contributed by atoms with Gasteiger partial charge in [-0.15, -0.1) is 21.5 Å². The van der Waals surface area contributed by atoms with Crippen LogP contribution in [0.1, 0.15) is 12.8 Å². The van der Waals surface area contributed by atoms with E-state index in [1.165, 1.54) is 23.1 Å². The van der Waals surface area contributed by atoms with Crippen molar-refractivity contribution in [1.29, 1.82) is 0 Å². The summed E-state index contributed by atoms with van der Waals surface area (Å²) in [4.78, 5) is 25.5. The lowest BCUT2D eigenvalue weighted by atomic mass is 10.2. The Balaban J connectivity index is 1.44. The third-order valence-corrected chi connectivity index (χ3v) is 7.22. The second kappa shape index (κ2) is 8.62. The maximum absolute atomic E-state index is 13.1. The monoisotopic (exact) mass is 475 g/mol. The van der Waals surface area contributed by atoms with Crippen molar-refractivity contribution in [2.75, 3.05) is 17.7 Å². The van der Waals surface area contributed by atoms with Crippen molar-refractivity contribution in [3.05, 3.63) is 51.1 Å². The number of thiophene rings is 1. The SMILES string of the molecule is O=C(CSc1nnc2n(C[C@H]3CCCO3)c(=O)c3sccc3n12)Nc1ccccc1Cl. The Kier molecular flexibility index (Phi) is 5.70. The number of carbonyl (C=O) groups is 1. The van der Waals surface area contributed by atoms with Crippen LogP contribution in [-0.4, -0.2) is 43.5 Å². The van der Waals surface area contributed by atoms with Gasteiger partial charge < -0.3 is 10.1 Å². The molecule has 4 heterocycles. The van der Waals surface area contributed by atoms with E-state index in [-0.39, 0.29) is 23.3 Å². The van der Waals surface area contributed by atoms with E-state index in [1.54, 1.807) is 28.8 Å². The number of carbonyl (C=O) groups excluding carboxylic acids is 1. The predicted molar refractivity (Wildman–Crippen MR) is 122 cm³/mol. The first kappa shape index (κ1) is 20.5. The maximum Gasteiger partial charge on any atom is 0.272 e. The number of ether oxygens (including phenoxy) is 1. The number of aromatic nitrogens is 4. The zero-order chi connectivity index (χ0) is 21.4. The summed E-state index contributed by atoms with van der Waals surface area (Å²) in [7, 11) is 0. The van der Waals surface area contributed by atoms with Crippen molar-refractivity contribution < 1.29 is 9.53 Å². The fraction of sp³-hybridized carbons (Fsp3) is 0.300. The van der Waals surface area contributed by atoms with E-state index in [4.69, 9.17) is 16.3 Å². The van der Waals surface area contributed by atoms with Gasteiger partial charge in [0.1, 0.15) is 4.70 Å². The molecule has 1 amide bonds. The van der Waals surface area contributed by atoms with Gasteiger partial charge in [-0.05, 0) is 36.4 Å². The Labute approximate surface area is 190 Å². The van der Waals surface area contributed by atoms with Gasteiger partial charge in [0.25, 0.3) is 5.56 Å². The van der Waals surface area contributed by atoms with Crippen LogP contribution in [0.15, 0.2) is 45.7 Å². The average Bonchev–Trinajstić information content (AvgIpc) is 3.51. The number of hydrogen-bond donors (Lipinski definition) is 1. The highest BCUT2D eigenvalue weighted by Gasteiger charge is 2.23. The number of benzene rings is 1. The molecule has 0 spiro atoms. The summed E-state index contributed by atoms with van der Waals surface area (Å²) in [5.74, 6) is 0.382. The zero-order valence-corrected chi connectivity index (χ0v) is 18.7. The molecular weight excluding hydrogens is 458 g/mol. The molecule has 0 bridgehead atoms. The third-order valence-electron chi connectivity index (χ3n) is 5.07. The topological polar surface area (TPSA) is 90.5 Å². The summed E-state index contributed by atoms with van der Waals surface area (Å²) in [6.45, 7) is 1.15. The summed E-state index contributed by atoms with van der Waals surface area (Å²) in [5, 5.41) is 14.3. The van der Waals surface area contributed by atoms with Crippen LogP contribution in [0.5, 0.6) is 0 Å². The van der Waals surface area contributed by atoms with Crippen LogP contribution in [0.4, 0.5) is 5.69 Å². The summed E-state index contributed by atoms with van der Waals surface area (Å²) >= 11 is 8.76. The standard InChI is InChI=1S/C20H18ClN5O3S2/c21-13-5-1-2-6-14(13)22-16(27)11-31-20-24-23-19-25(10-12-4-3-8-29-12)18(28)17-15(26(19)20)7-9-30-17/h1-2,5-7,9,12H,3-4,8,10-11H2,(H,22,27)/t12-/m1/s1. The van der Waals surface area contributed by atoms with Gasteiger partial charge in [-0.3, -0.25) is 18.6 Å². The fourth-order valence-electron chi connectivity index (χ4n) is 3.63. The summed E-state index contributed by atoms with van der Waals surface area (Å²) in [6.07, 6.45) is 1.90. The van der Waals surface area contributed by atoms with Crippen molar-refractivity contribution in [2.45, 2.75) is 30.6 Å². The Bertz CT molecular complexity index is 1330. The van der Waals surface area contributed by atoms with Gasteiger partial charge in [0.05, 0.1) is 34.6 Å². The van der Waals surface area contributed by atoms with Crippen molar-refractivity contribution in [1.82, 2.24) is 19.2 Å². The molecule has 1 aromatic carbocycles. The molecule has 1 aliphatic heterocycles. The molecule has 3 aromatic heterocycles. The number of hydrogen-bond acceptors (Lipinski definition) is 7. The van der Waals surface area contributed by atoms with Crippen LogP contribution in [0.25, 0.3) is 16.0 Å². The van der Waals surface area contributed by atoms with Crippen LogP contribution < -0.4 is 10.9 Å². The molecule has 4 aromatic rings. The predicted octanol–water partition coefficient (Wildman–Crippen LogP) is 3.67. The molecule has 8 nitrogen and oxygen atoms in total. The Hall–Kier alpha value is -2.40. The largest absolute Gasteiger partial charge is 0.376 e. The highest BCUT2D eigenvalue weighted by molar-refractivity contribution is 7.99. The minimum absolute atomic E-state index is 0.00638. The molecule has 160 valence electrons.